The largest absolute Gasteiger partial charge is 0.491 e. The predicted octanol–water partition coefficient (Wildman–Crippen LogP) is 3.57. The molecule has 0 radical (unpaired) electrons. The highest BCUT2D eigenvalue weighted by atomic mass is 16.5. The van der Waals surface area contributed by atoms with E-state index in [-0.39, 0.29) is 12.0 Å². The summed E-state index contributed by atoms with van der Waals surface area (Å²) in [6.45, 7) is 8.02. The molecule has 21 heavy (non-hydrogen) atoms. The first kappa shape index (κ1) is 15.1. The lowest BCUT2D eigenvalue weighted by Gasteiger charge is -2.10. The van der Waals surface area contributed by atoms with Gasteiger partial charge in [-0.15, -0.1) is 0 Å². The first-order chi connectivity index (χ1) is 9.95. The molecule has 2 aromatic rings. The summed E-state index contributed by atoms with van der Waals surface area (Å²) >= 11 is 0. The summed E-state index contributed by atoms with van der Waals surface area (Å²) < 4.78 is 5.59. The van der Waals surface area contributed by atoms with Crippen LogP contribution in [-0.4, -0.2) is 22.2 Å². The maximum atomic E-state index is 12.2. The number of carbonyl (C=O) groups excluding carboxylic acids is 1. The molecule has 0 atom stereocenters. The van der Waals surface area contributed by atoms with Crippen molar-refractivity contribution in [3.05, 3.63) is 41.6 Å². The number of benzene rings is 1. The number of aromatic nitrogens is 2. The Hall–Kier alpha value is -2.30. The monoisotopic (exact) mass is 287 g/mol. The van der Waals surface area contributed by atoms with Gasteiger partial charge in [0.1, 0.15) is 5.75 Å². The summed E-state index contributed by atoms with van der Waals surface area (Å²) in [5.74, 6) is 1.35. The molecule has 0 aliphatic carbocycles. The minimum Gasteiger partial charge on any atom is -0.491 e. The van der Waals surface area contributed by atoms with Crippen molar-refractivity contribution in [1.82, 2.24) is 10.2 Å². The lowest BCUT2D eigenvalue weighted by molar-refractivity contribution is 0.102. The maximum absolute atomic E-state index is 12.2. The van der Waals surface area contributed by atoms with E-state index in [1.807, 2.05) is 26.0 Å². The van der Waals surface area contributed by atoms with Gasteiger partial charge in [0, 0.05) is 17.3 Å². The Balaban J connectivity index is 2.08. The standard InChI is InChI=1S/C16H21N3O2/c1-10(2)14-9-15(19-18-14)17-16(20)12-6-5-7-13(8-12)21-11(3)4/h5-11H,1-4H3,(H2,17,18,19,20). The fourth-order valence-electron chi connectivity index (χ4n) is 1.87. The number of nitrogens with one attached hydrogen (secondary N) is 2. The number of carbonyl (C=O) groups is 1. The van der Waals surface area contributed by atoms with Crippen LogP contribution in [0.2, 0.25) is 0 Å². The molecule has 0 spiro atoms. The molecule has 0 bridgehead atoms. The van der Waals surface area contributed by atoms with Gasteiger partial charge in [-0.2, -0.15) is 5.10 Å². The van der Waals surface area contributed by atoms with Crippen LogP contribution in [0.25, 0.3) is 0 Å². The lowest BCUT2D eigenvalue weighted by Crippen LogP contribution is -2.13. The summed E-state index contributed by atoms with van der Waals surface area (Å²) in [5.41, 5.74) is 1.53. The Labute approximate surface area is 124 Å². The van der Waals surface area contributed by atoms with E-state index in [1.54, 1.807) is 18.2 Å². The quantitative estimate of drug-likeness (QED) is 0.883. The molecule has 0 aliphatic heterocycles. The average Bonchev–Trinajstić information content (AvgIpc) is 2.87. The normalized spacial score (nSPS) is 11.0. The molecule has 2 N–H and O–H groups in total. The van der Waals surface area contributed by atoms with E-state index in [0.29, 0.717) is 23.0 Å². The Morgan fingerprint density at radius 3 is 2.62 bits per heavy atom. The van der Waals surface area contributed by atoms with Crippen LogP contribution in [0, 0.1) is 0 Å². The van der Waals surface area contributed by atoms with Crippen molar-refractivity contribution in [1.29, 1.82) is 0 Å². The van der Waals surface area contributed by atoms with Gasteiger partial charge >= 0.3 is 0 Å². The van der Waals surface area contributed by atoms with Crippen molar-refractivity contribution in [2.24, 2.45) is 0 Å². The number of hydrogen-bond acceptors (Lipinski definition) is 3. The molecule has 0 unspecified atom stereocenters. The molecule has 5 nitrogen and oxygen atoms in total. The smallest absolute Gasteiger partial charge is 0.256 e. The molecule has 0 fully saturated rings. The highest BCUT2D eigenvalue weighted by Gasteiger charge is 2.11. The fraction of sp³-hybridized carbons (Fsp3) is 0.375. The SMILES string of the molecule is CC(C)Oc1cccc(C(=O)Nc2cc(C(C)C)[nH]n2)c1. The summed E-state index contributed by atoms with van der Waals surface area (Å²) in [6, 6.07) is 8.96. The molecule has 112 valence electrons. The first-order valence-electron chi connectivity index (χ1n) is 7.09. The van der Waals surface area contributed by atoms with Crippen molar-refractivity contribution in [3.63, 3.8) is 0 Å². The van der Waals surface area contributed by atoms with E-state index in [0.717, 1.165) is 5.69 Å². The third kappa shape index (κ3) is 4.08. The zero-order valence-electron chi connectivity index (χ0n) is 12.8. The van der Waals surface area contributed by atoms with E-state index in [2.05, 4.69) is 29.4 Å². The van der Waals surface area contributed by atoms with Gasteiger partial charge in [0.25, 0.3) is 5.91 Å². The Kier molecular flexibility index (Phi) is 4.62. The number of ether oxygens (including phenoxy) is 1. The predicted molar refractivity (Wildman–Crippen MR) is 82.8 cm³/mol. The molecule has 1 aromatic heterocycles. The Bertz CT molecular complexity index is 617. The highest BCUT2D eigenvalue weighted by molar-refractivity contribution is 6.04. The topological polar surface area (TPSA) is 67.0 Å². The first-order valence-corrected chi connectivity index (χ1v) is 7.09. The van der Waals surface area contributed by atoms with E-state index >= 15 is 0 Å². The van der Waals surface area contributed by atoms with Crippen molar-refractivity contribution in [3.8, 4) is 5.75 Å². The van der Waals surface area contributed by atoms with Crippen LogP contribution in [0.1, 0.15) is 49.7 Å². The van der Waals surface area contributed by atoms with Crippen molar-refractivity contribution in [2.45, 2.75) is 39.7 Å². The molecule has 1 aromatic carbocycles. The molecule has 1 heterocycles. The van der Waals surface area contributed by atoms with Gasteiger partial charge in [0.15, 0.2) is 5.82 Å². The van der Waals surface area contributed by atoms with Crippen molar-refractivity contribution >= 4 is 11.7 Å². The number of aromatic amines is 1. The molecular formula is C16H21N3O2. The molecule has 0 saturated carbocycles. The van der Waals surface area contributed by atoms with Crippen LogP contribution in [0.3, 0.4) is 0 Å². The zero-order chi connectivity index (χ0) is 15.4. The van der Waals surface area contributed by atoms with Crippen LogP contribution in [0.4, 0.5) is 5.82 Å². The number of hydrogen-bond donors (Lipinski definition) is 2. The van der Waals surface area contributed by atoms with E-state index in [4.69, 9.17) is 4.74 Å². The van der Waals surface area contributed by atoms with Gasteiger partial charge in [-0.05, 0) is 38.0 Å². The summed E-state index contributed by atoms with van der Waals surface area (Å²) in [4.78, 5) is 12.2. The minimum absolute atomic E-state index is 0.0725. The number of amides is 1. The maximum Gasteiger partial charge on any atom is 0.256 e. The van der Waals surface area contributed by atoms with Crippen molar-refractivity contribution in [2.75, 3.05) is 5.32 Å². The summed E-state index contributed by atoms with van der Waals surface area (Å²) in [5, 5.41) is 9.77. The van der Waals surface area contributed by atoms with Gasteiger partial charge in [-0.1, -0.05) is 19.9 Å². The molecule has 5 heteroatoms. The number of H-pyrrole nitrogens is 1. The van der Waals surface area contributed by atoms with E-state index < -0.39 is 0 Å². The third-order valence-electron chi connectivity index (χ3n) is 2.93. The third-order valence-corrected chi connectivity index (χ3v) is 2.93. The molecule has 1 amide bonds. The number of anilines is 1. The highest BCUT2D eigenvalue weighted by Crippen LogP contribution is 2.18. The van der Waals surface area contributed by atoms with Gasteiger partial charge < -0.3 is 10.1 Å². The van der Waals surface area contributed by atoms with Crippen LogP contribution >= 0.6 is 0 Å². The molecular weight excluding hydrogens is 266 g/mol. The Morgan fingerprint density at radius 2 is 2.00 bits per heavy atom. The summed E-state index contributed by atoms with van der Waals surface area (Å²) in [6.07, 6.45) is 0.0725. The van der Waals surface area contributed by atoms with Crippen molar-refractivity contribution < 1.29 is 9.53 Å². The van der Waals surface area contributed by atoms with Crippen LogP contribution in [0.15, 0.2) is 30.3 Å². The van der Waals surface area contributed by atoms with Crippen LogP contribution in [-0.2, 0) is 0 Å². The van der Waals surface area contributed by atoms with Gasteiger partial charge in [0.05, 0.1) is 6.10 Å². The second-order valence-corrected chi connectivity index (χ2v) is 5.51. The van der Waals surface area contributed by atoms with E-state index in [1.165, 1.54) is 0 Å². The van der Waals surface area contributed by atoms with Crippen LogP contribution < -0.4 is 10.1 Å². The number of nitrogens with zero attached hydrogens (tertiary/aromatic N) is 1. The molecule has 2 rings (SSSR count). The van der Waals surface area contributed by atoms with Gasteiger partial charge in [0.2, 0.25) is 0 Å². The fourth-order valence-corrected chi connectivity index (χ4v) is 1.87. The number of rotatable bonds is 5. The summed E-state index contributed by atoms with van der Waals surface area (Å²) in [7, 11) is 0. The second kappa shape index (κ2) is 6.43. The lowest BCUT2D eigenvalue weighted by atomic mass is 10.1. The average molecular weight is 287 g/mol. The van der Waals surface area contributed by atoms with Gasteiger partial charge in [-0.25, -0.2) is 0 Å². The van der Waals surface area contributed by atoms with E-state index in [9.17, 15) is 4.79 Å². The van der Waals surface area contributed by atoms with Gasteiger partial charge in [-0.3, -0.25) is 9.89 Å². The molecule has 0 aliphatic rings. The molecule has 0 saturated heterocycles. The Morgan fingerprint density at radius 1 is 1.24 bits per heavy atom. The second-order valence-electron chi connectivity index (χ2n) is 5.51. The van der Waals surface area contributed by atoms with Crippen LogP contribution in [0.5, 0.6) is 5.75 Å². The zero-order valence-corrected chi connectivity index (χ0v) is 12.8. The minimum atomic E-state index is -0.203.